The van der Waals surface area contributed by atoms with Gasteiger partial charge >= 0.3 is 0 Å². The number of hydrogen-bond donors (Lipinski definition) is 1. The Kier molecular flexibility index (Phi) is 3.26. The van der Waals surface area contributed by atoms with Crippen LogP contribution in [0.1, 0.15) is 5.56 Å². The molecule has 0 amide bonds. The van der Waals surface area contributed by atoms with E-state index in [0.717, 1.165) is 10.2 Å². The quantitative estimate of drug-likeness (QED) is 0.938. The molecule has 0 unspecified atom stereocenters. The van der Waals surface area contributed by atoms with Crippen LogP contribution in [0.15, 0.2) is 34.9 Å². The van der Waals surface area contributed by atoms with Crippen molar-refractivity contribution in [2.24, 2.45) is 0 Å². The molecule has 0 fully saturated rings. The van der Waals surface area contributed by atoms with Gasteiger partial charge in [0.2, 0.25) is 5.88 Å². The maximum atomic E-state index is 9.13. The minimum atomic E-state index is -0.0897. The Morgan fingerprint density at radius 3 is 2.81 bits per heavy atom. The van der Waals surface area contributed by atoms with Crippen LogP contribution in [-0.4, -0.2) is 22.0 Å². The van der Waals surface area contributed by atoms with Gasteiger partial charge < -0.3 is 9.84 Å². The third-order valence-electron chi connectivity index (χ3n) is 2.24. The van der Waals surface area contributed by atoms with Gasteiger partial charge in [-0.25, -0.2) is 0 Å². The standard InChI is InChI=1S/C11H11BrN2O2/c1-16-11-8(7-15)6-13-14(11)10-5-3-2-4-9(10)12/h2-6,15H,7H2,1H3. The number of ether oxygens (including phenoxy) is 1. The molecular formula is C11H11BrN2O2. The molecule has 0 aliphatic heterocycles. The van der Waals surface area contributed by atoms with Crippen LogP contribution < -0.4 is 4.74 Å². The van der Waals surface area contributed by atoms with E-state index < -0.39 is 0 Å². The largest absolute Gasteiger partial charge is 0.481 e. The summed E-state index contributed by atoms with van der Waals surface area (Å²) in [6.45, 7) is -0.0897. The summed E-state index contributed by atoms with van der Waals surface area (Å²) in [7, 11) is 1.56. The van der Waals surface area contributed by atoms with Gasteiger partial charge in [0.25, 0.3) is 0 Å². The van der Waals surface area contributed by atoms with Crippen LogP contribution in [-0.2, 0) is 6.61 Å². The molecule has 2 aromatic rings. The summed E-state index contributed by atoms with van der Waals surface area (Å²) < 4.78 is 7.80. The lowest BCUT2D eigenvalue weighted by Crippen LogP contribution is -2.01. The van der Waals surface area contributed by atoms with Crippen molar-refractivity contribution < 1.29 is 9.84 Å². The van der Waals surface area contributed by atoms with Gasteiger partial charge in [0.1, 0.15) is 0 Å². The lowest BCUT2D eigenvalue weighted by molar-refractivity contribution is 0.272. The molecule has 0 saturated heterocycles. The first kappa shape index (κ1) is 11.2. The Balaban J connectivity index is 2.56. The van der Waals surface area contributed by atoms with Crippen LogP contribution >= 0.6 is 15.9 Å². The van der Waals surface area contributed by atoms with Gasteiger partial charge in [-0.3, -0.25) is 0 Å². The zero-order valence-electron chi connectivity index (χ0n) is 8.72. The van der Waals surface area contributed by atoms with Crippen molar-refractivity contribution >= 4 is 15.9 Å². The second kappa shape index (κ2) is 4.67. The van der Waals surface area contributed by atoms with E-state index in [4.69, 9.17) is 9.84 Å². The molecule has 84 valence electrons. The topological polar surface area (TPSA) is 47.3 Å². The predicted molar refractivity (Wildman–Crippen MR) is 63.7 cm³/mol. The first-order valence-corrected chi connectivity index (χ1v) is 5.54. The number of benzene rings is 1. The zero-order valence-corrected chi connectivity index (χ0v) is 10.3. The average molecular weight is 283 g/mol. The fourth-order valence-electron chi connectivity index (χ4n) is 1.49. The van der Waals surface area contributed by atoms with E-state index in [1.165, 1.54) is 0 Å². The Labute approximate surface area is 102 Å². The van der Waals surface area contributed by atoms with E-state index >= 15 is 0 Å². The predicted octanol–water partition coefficient (Wildman–Crippen LogP) is 2.14. The molecule has 5 heteroatoms. The van der Waals surface area contributed by atoms with E-state index in [2.05, 4.69) is 21.0 Å². The first-order valence-electron chi connectivity index (χ1n) is 4.74. The second-order valence-corrected chi connectivity index (χ2v) is 4.05. The SMILES string of the molecule is COc1c(CO)cnn1-c1ccccc1Br. The summed E-state index contributed by atoms with van der Waals surface area (Å²) >= 11 is 3.45. The van der Waals surface area contributed by atoms with Crippen LogP contribution in [0.4, 0.5) is 0 Å². The van der Waals surface area contributed by atoms with Gasteiger partial charge in [-0.2, -0.15) is 9.78 Å². The van der Waals surface area contributed by atoms with E-state index in [9.17, 15) is 0 Å². The van der Waals surface area contributed by atoms with E-state index in [1.807, 2.05) is 24.3 Å². The van der Waals surface area contributed by atoms with Crippen LogP contribution in [0, 0.1) is 0 Å². The number of hydrogen-bond acceptors (Lipinski definition) is 3. The first-order chi connectivity index (χ1) is 7.77. The molecule has 0 bridgehead atoms. The van der Waals surface area contributed by atoms with Crippen LogP contribution in [0.3, 0.4) is 0 Å². The summed E-state index contributed by atoms with van der Waals surface area (Å²) in [6, 6.07) is 7.69. The normalized spacial score (nSPS) is 10.4. The fourth-order valence-corrected chi connectivity index (χ4v) is 1.94. The number of nitrogens with zero attached hydrogens (tertiary/aromatic N) is 2. The minimum absolute atomic E-state index is 0.0897. The number of rotatable bonds is 3. The molecular weight excluding hydrogens is 272 g/mol. The van der Waals surface area contributed by atoms with E-state index in [-0.39, 0.29) is 6.61 Å². The Morgan fingerprint density at radius 1 is 1.44 bits per heavy atom. The molecule has 0 saturated carbocycles. The van der Waals surface area contributed by atoms with Crippen molar-refractivity contribution in [3.63, 3.8) is 0 Å². The van der Waals surface area contributed by atoms with Crippen molar-refractivity contribution in [1.29, 1.82) is 0 Å². The van der Waals surface area contributed by atoms with Crippen molar-refractivity contribution in [3.8, 4) is 11.6 Å². The Hall–Kier alpha value is -1.33. The highest BCUT2D eigenvalue weighted by Crippen LogP contribution is 2.27. The summed E-state index contributed by atoms with van der Waals surface area (Å²) in [6.07, 6.45) is 1.60. The van der Waals surface area contributed by atoms with Crippen molar-refractivity contribution in [2.45, 2.75) is 6.61 Å². The molecule has 0 radical (unpaired) electrons. The number of aromatic nitrogens is 2. The van der Waals surface area contributed by atoms with E-state index in [0.29, 0.717) is 11.4 Å². The number of aliphatic hydroxyl groups is 1. The molecule has 1 aromatic heterocycles. The maximum Gasteiger partial charge on any atom is 0.222 e. The molecule has 0 spiro atoms. The van der Waals surface area contributed by atoms with Gasteiger partial charge in [0.05, 0.1) is 31.2 Å². The Bertz CT molecular complexity index is 496. The molecule has 1 aromatic carbocycles. The van der Waals surface area contributed by atoms with Crippen molar-refractivity contribution in [2.75, 3.05) is 7.11 Å². The molecule has 1 N–H and O–H groups in total. The van der Waals surface area contributed by atoms with Crippen molar-refractivity contribution in [1.82, 2.24) is 9.78 Å². The van der Waals surface area contributed by atoms with Crippen LogP contribution in [0.5, 0.6) is 5.88 Å². The molecule has 0 aliphatic carbocycles. The van der Waals surface area contributed by atoms with Gasteiger partial charge in [-0.05, 0) is 28.1 Å². The minimum Gasteiger partial charge on any atom is -0.481 e. The maximum absolute atomic E-state index is 9.13. The van der Waals surface area contributed by atoms with Gasteiger partial charge in [0, 0.05) is 4.47 Å². The highest BCUT2D eigenvalue weighted by atomic mass is 79.9. The molecule has 0 aliphatic rings. The number of aliphatic hydroxyl groups excluding tert-OH is 1. The fraction of sp³-hybridized carbons (Fsp3) is 0.182. The van der Waals surface area contributed by atoms with Crippen molar-refractivity contribution in [3.05, 3.63) is 40.5 Å². The van der Waals surface area contributed by atoms with Crippen LogP contribution in [0.25, 0.3) is 5.69 Å². The third kappa shape index (κ3) is 1.83. The van der Waals surface area contributed by atoms with E-state index in [1.54, 1.807) is 18.0 Å². The zero-order chi connectivity index (χ0) is 11.5. The molecule has 1 heterocycles. The summed E-state index contributed by atoms with van der Waals surface area (Å²) in [5.74, 6) is 0.550. The monoisotopic (exact) mass is 282 g/mol. The Morgan fingerprint density at radius 2 is 2.19 bits per heavy atom. The average Bonchev–Trinajstić information content (AvgIpc) is 2.72. The number of para-hydroxylation sites is 1. The summed E-state index contributed by atoms with van der Waals surface area (Å²) in [4.78, 5) is 0. The number of methoxy groups -OCH3 is 1. The number of halogens is 1. The summed E-state index contributed by atoms with van der Waals surface area (Å²) in [5, 5.41) is 13.3. The lowest BCUT2D eigenvalue weighted by atomic mass is 10.3. The highest BCUT2D eigenvalue weighted by Gasteiger charge is 2.13. The second-order valence-electron chi connectivity index (χ2n) is 3.20. The molecule has 16 heavy (non-hydrogen) atoms. The summed E-state index contributed by atoms with van der Waals surface area (Å²) in [5.41, 5.74) is 1.54. The molecule has 2 rings (SSSR count). The molecule has 4 nitrogen and oxygen atoms in total. The lowest BCUT2D eigenvalue weighted by Gasteiger charge is -2.08. The molecule has 0 atom stereocenters. The smallest absolute Gasteiger partial charge is 0.222 e. The van der Waals surface area contributed by atoms with Gasteiger partial charge in [-0.1, -0.05) is 12.1 Å². The van der Waals surface area contributed by atoms with Crippen LogP contribution in [0.2, 0.25) is 0 Å². The highest BCUT2D eigenvalue weighted by molar-refractivity contribution is 9.10. The van der Waals surface area contributed by atoms with Gasteiger partial charge in [0.15, 0.2) is 0 Å². The third-order valence-corrected chi connectivity index (χ3v) is 2.91. The van der Waals surface area contributed by atoms with Gasteiger partial charge in [-0.15, -0.1) is 0 Å².